The molecule has 0 bridgehead atoms. The van der Waals surface area contributed by atoms with Crippen LogP contribution in [-0.2, 0) is 15.7 Å². The van der Waals surface area contributed by atoms with Gasteiger partial charge in [0.05, 0.1) is 30.7 Å². The van der Waals surface area contributed by atoms with Gasteiger partial charge in [0, 0.05) is 10.6 Å². The molecule has 0 saturated heterocycles. The number of esters is 1. The largest absolute Gasteiger partial charge is 0.469 e. The van der Waals surface area contributed by atoms with Crippen LogP contribution >= 0.6 is 11.6 Å². The van der Waals surface area contributed by atoms with Crippen molar-refractivity contribution in [3.63, 3.8) is 0 Å². The van der Waals surface area contributed by atoms with Crippen molar-refractivity contribution in [1.82, 2.24) is 0 Å². The zero-order chi connectivity index (χ0) is 15.3. The lowest BCUT2D eigenvalue weighted by Gasteiger charge is -2.09. The summed E-state index contributed by atoms with van der Waals surface area (Å²) in [6.45, 7) is 0. The molecule has 0 spiro atoms. The van der Waals surface area contributed by atoms with Gasteiger partial charge in [0.2, 0.25) is 0 Å². The highest BCUT2D eigenvalue weighted by Crippen LogP contribution is 2.33. The molecule has 0 unspecified atom stereocenters. The van der Waals surface area contributed by atoms with E-state index in [9.17, 15) is 18.0 Å². The van der Waals surface area contributed by atoms with E-state index in [4.69, 9.17) is 16.9 Å². The first-order valence-corrected chi connectivity index (χ1v) is 5.71. The second-order valence-electron chi connectivity index (χ2n) is 3.70. The number of methoxy groups -OCH3 is 1. The lowest BCUT2D eigenvalue weighted by Crippen LogP contribution is -2.05. The molecular weight excluding hydrogens is 295 g/mol. The highest BCUT2D eigenvalue weighted by Gasteiger charge is 2.31. The van der Waals surface area contributed by atoms with Crippen LogP contribution < -0.4 is 0 Å². The standard InChI is InChI=1S/C13H9ClF3NO2/c1-20-12(19)5-2-8(7-18)10-4-3-9(6-11(10)14)13(15,16)17/h2-4,6H,5H2,1H3/b8-2-. The van der Waals surface area contributed by atoms with Crippen LogP contribution in [0.15, 0.2) is 24.3 Å². The van der Waals surface area contributed by atoms with E-state index in [2.05, 4.69) is 4.74 Å². The fourth-order valence-corrected chi connectivity index (χ4v) is 1.68. The summed E-state index contributed by atoms with van der Waals surface area (Å²) in [5.74, 6) is -0.569. The normalized spacial score (nSPS) is 11.9. The van der Waals surface area contributed by atoms with Crippen molar-refractivity contribution in [2.75, 3.05) is 7.11 Å². The third kappa shape index (κ3) is 4.00. The molecule has 7 heteroatoms. The fourth-order valence-electron chi connectivity index (χ4n) is 1.39. The summed E-state index contributed by atoms with van der Waals surface area (Å²) in [5.41, 5.74) is -0.767. The number of ether oxygens (including phenoxy) is 1. The van der Waals surface area contributed by atoms with E-state index in [1.165, 1.54) is 13.2 Å². The Morgan fingerprint density at radius 1 is 1.50 bits per heavy atom. The molecule has 0 radical (unpaired) electrons. The van der Waals surface area contributed by atoms with E-state index >= 15 is 0 Å². The molecular formula is C13H9ClF3NO2. The first-order chi connectivity index (χ1) is 9.29. The number of allylic oxidation sites excluding steroid dienone is 1. The Balaban J connectivity index is 3.13. The quantitative estimate of drug-likeness (QED) is 0.630. The van der Waals surface area contributed by atoms with Crippen LogP contribution in [0.4, 0.5) is 13.2 Å². The summed E-state index contributed by atoms with van der Waals surface area (Å²) in [6.07, 6.45) is -3.43. The maximum atomic E-state index is 12.5. The lowest BCUT2D eigenvalue weighted by atomic mass is 10.0. The minimum absolute atomic E-state index is 0.00845. The number of alkyl halides is 3. The van der Waals surface area contributed by atoms with Gasteiger partial charge in [-0.05, 0) is 12.1 Å². The number of hydrogen-bond acceptors (Lipinski definition) is 3. The van der Waals surface area contributed by atoms with Crippen molar-refractivity contribution in [2.24, 2.45) is 0 Å². The molecule has 0 aliphatic carbocycles. The number of rotatable bonds is 3. The highest BCUT2D eigenvalue weighted by atomic mass is 35.5. The zero-order valence-electron chi connectivity index (χ0n) is 10.3. The predicted molar refractivity (Wildman–Crippen MR) is 66.7 cm³/mol. The monoisotopic (exact) mass is 303 g/mol. The van der Waals surface area contributed by atoms with Gasteiger partial charge < -0.3 is 4.74 Å². The minimum Gasteiger partial charge on any atom is -0.469 e. The van der Waals surface area contributed by atoms with E-state index in [-0.39, 0.29) is 22.6 Å². The molecule has 0 aliphatic heterocycles. The first kappa shape index (κ1) is 16.1. The van der Waals surface area contributed by atoms with Gasteiger partial charge in [-0.25, -0.2) is 0 Å². The van der Waals surface area contributed by atoms with Crippen molar-refractivity contribution in [3.05, 3.63) is 40.4 Å². The molecule has 0 saturated carbocycles. The van der Waals surface area contributed by atoms with E-state index in [1.54, 1.807) is 6.07 Å². The van der Waals surface area contributed by atoms with Crippen molar-refractivity contribution in [1.29, 1.82) is 5.26 Å². The molecule has 0 heterocycles. The van der Waals surface area contributed by atoms with E-state index < -0.39 is 17.7 Å². The molecule has 1 aromatic carbocycles. The van der Waals surface area contributed by atoms with Gasteiger partial charge in [-0.15, -0.1) is 0 Å². The first-order valence-electron chi connectivity index (χ1n) is 5.33. The molecule has 1 rings (SSSR count). The van der Waals surface area contributed by atoms with Gasteiger partial charge in [-0.3, -0.25) is 4.79 Å². The molecule has 106 valence electrons. The zero-order valence-corrected chi connectivity index (χ0v) is 11.0. The molecule has 0 fully saturated rings. The van der Waals surface area contributed by atoms with Crippen molar-refractivity contribution < 1.29 is 22.7 Å². The molecule has 0 aliphatic rings. The van der Waals surface area contributed by atoms with Crippen LogP contribution in [-0.4, -0.2) is 13.1 Å². The van der Waals surface area contributed by atoms with Crippen molar-refractivity contribution >= 4 is 23.1 Å². The Bertz CT molecular complexity index is 588. The van der Waals surface area contributed by atoms with Crippen LogP contribution in [0.2, 0.25) is 5.02 Å². The summed E-state index contributed by atoms with van der Waals surface area (Å²) in [7, 11) is 1.19. The minimum atomic E-state index is -4.51. The number of benzene rings is 1. The fraction of sp³-hybridized carbons (Fsp3) is 0.231. The van der Waals surface area contributed by atoms with E-state index in [0.717, 1.165) is 18.2 Å². The molecule has 0 aromatic heterocycles. The second kappa shape index (κ2) is 6.44. The van der Waals surface area contributed by atoms with E-state index in [0.29, 0.717) is 0 Å². The average Bonchev–Trinajstić information content (AvgIpc) is 2.39. The number of hydrogen-bond donors (Lipinski definition) is 0. The second-order valence-corrected chi connectivity index (χ2v) is 4.11. The van der Waals surface area contributed by atoms with Crippen LogP contribution in [0.1, 0.15) is 17.5 Å². The molecule has 1 aromatic rings. The Kier molecular flexibility index (Phi) is 5.17. The number of nitrogens with zero attached hydrogens (tertiary/aromatic N) is 1. The van der Waals surface area contributed by atoms with Gasteiger partial charge in [0.1, 0.15) is 0 Å². The molecule has 0 atom stereocenters. The lowest BCUT2D eigenvalue weighted by molar-refractivity contribution is -0.139. The van der Waals surface area contributed by atoms with Crippen molar-refractivity contribution in [2.45, 2.75) is 12.6 Å². The smallest absolute Gasteiger partial charge is 0.416 e. The summed E-state index contributed by atoms with van der Waals surface area (Å²) in [6, 6.07) is 4.44. The summed E-state index contributed by atoms with van der Waals surface area (Å²) >= 11 is 5.75. The predicted octanol–water partition coefficient (Wildman–Crippen LogP) is 3.83. The molecule has 20 heavy (non-hydrogen) atoms. The summed E-state index contributed by atoms with van der Waals surface area (Å²) in [4.78, 5) is 11.0. The Hall–Kier alpha value is -2.00. The summed E-state index contributed by atoms with van der Waals surface area (Å²) in [5, 5.41) is 8.76. The van der Waals surface area contributed by atoms with Crippen molar-refractivity contribution in [3.8, 4) is 6.07 Å². The van der Waals surface area contributed by atoms with Gasteiger partial charge in [0.25, 0.3) is 0 Å². The van der Waals surface area contributed by atoms with Gasteiger partial charge in [0.15, 0.2) is 0 Å². The van der Waals surface area contributed by atoms with Gasteiger partial charge in [-0.2, -0.15) is 18.4 Å². The summed E-state index contributed by atoms with van der Waals surface area (Å²) < 4.78 is 41.8. The molecule has 3 nitrogen and oxygen atoms in total. The van der Waals surface area contributed by atoms with E-state index in [1.807, 2.05) is 0 Å². The third-order valence-electron chi connectivity index (χ3n) is 2.41. The number of nitriles is 1. The van der Waals surface area contributed by atoms with Crippen LogP contribution in [0, 0.1) is 11.3 Å². The Labute approximate surface area is 118 Å². The number of carbonyl (C=O) groups excluding carboxylic acids is 1. The number of carbonyl (C=O) groups is 1. The van der Waals surface area contributed by atoms with Crippen LogP contribution in [0.5, 0.6) is 0 Å². The Morgan fingerprint density at radius 2 is 2.15 bits per heavy atom. The molecule has 0 N–H and O–H groups in total. The highest BCUT2D eigenvalue weighted by molar-refractivity contribution is 6.32. The van der Waals surface area contributed by atoms with Gasteiger partial charge >= 0.3 is 12.1 Å². The van der Waals surface area contributed by atoms with Crippen LogP contribution in [0.3, 0.4) is 0 Å². The maximum Gasteiger partial charge on any atom is 0.416 e. The number of halogens is 4. The van der Waals surface area contributed by atoms with Crippen LogP contribution in [0.25, 0.3) is 5.57 Å². The third-order valence-corrected chi connectivity index (χ3v) is 2.72. The molecule has 0 amide bonds. The average molecular weight is 304 g/mol. The SMILES string of the molecule is COC(=O)C/C=C(/C#N)c1ccc(C(F)(F)F)cc1Cl. The maximum absolute atomic E-state index is 12.5. The Morgan fingerprint density at radius 3 is 2.60 bits per heavy atom. The van der Waals surface area contributed by atoms with Gasteiger partial charge in [-0.1, -0.05) is 23.7 Å². The topological polar surface area (TPSA) is 50.1 Å².